The third-order valence-corrected chi connectivity index (χ3v) is 15.0. The van der Waals surface area contributed by atoms with Crippen molar-refractivity contribution in [3.8, 4) is 5.75 Å². The van der Waals surface area contributed by atoms with Gasteiger partial charge in [0.2, 0.25) is 27.8 Å². The number of aromatic nitrogens is 1. The number of nitrogens with one attached hydrogen (secondary N) is 4. The second-order valence-electron chi connectivity index (χ2n) is 15.9. The number of carbonyl (C=O) groups excluding carboxylic acids is 2. The van der Waals surface area contributed by atoms with Crippen LogP contribution >= 0.6 is 11.3 Å². The molecule has 0 aliphatic heterocycles. The van der Waals surface area contributed by atoms with E-state index in [-0.39, 0.29) is 48.8 Å². The van der Waals surface area contributed by atoms with Gasteiger partial charge in [-0.05, 0) is 90.3 Å². The molecule has 7 N–H and O–H groups in total. The lowest BCUT2D eigenvalue weighted by molar-refractivity contribution is -0.130. The summed E-state index contributed by atoms with van der Waals surface area (Å²) in [6.07, 6.45) is 0.633. The van der Waals surface area contributed by atoms with E-state index in [4.69, 9.17) is 10.5 Å². The Bertz CT molecular complexity index is 2860. The minimum absolute atomic E-state index is 0.00650. The lowest BCUT2D eigenvalue weighted by Crippen LogP contribution is -2.56. The number of guanidine groups is 1. The number of aliphatic imine (C=N–C) groups is 1. The van der Waals surface area contributed by atoms with Crippen LogP contribution in [0.1, 0.15) is 57.3 Å². The highest BCUT2D eigenvalue weighted by Gasteiger charge is 2.33. The molecule has 0 saturated heterocycles. The number of aliphatic hydroxyl groups is 1. The molecular formula is C48H55N7O8S3. The Hall–Kier alpha value is -6.18. The fourth-order valence-electron chi connectivity index (χ4n) is 7.79. The molecule has 0 bridgehead atoms. The minimum atomic E-state index is -4.13. The molecule has 2 amide bonds. The van der Waals surface area contributed by atoms with Crippen molar-refractivity contribution in [2.24, 2.45) is 10.7 Å². The first-order valence-electron chi connectivity index (χ1n) is 21.3. The molecule has 0 aliphatic carbocycles. The van der Waals surface area contributed by atoms with Crippen LogP contribution in [0.3, 0.4) is 0 Å². The molecule has 5 aromatic carbocycles. The molecule has 0 aliphatic rings. The largest absolute Gasteiger partial charge is 0.496 e. The Morgan fingerprint density at radius 2 is 1.47 bits per heavy atom. The number of aliphatic hydroxyl groups excluding tert-OH is 1. The molecule has 4 atom stereocenters. The van der Waals surface area contributed by atoms with Crippen LogP contribution in [0.4, 0.5) is 0 Å². The third-order valence-electron chi connectivity index (χ3n) is 11.1. The monoisotopic (exact) mass is 953 g/mol. The number of benzene rings is 5. The summed E-state index contributed by atoms with van der Waals surface area (Å²) in [7, 11) is -6.68. The number of aryl methyl sites for hydroxylation is 1. The first-order chi connectivity index (χ1) is 31.5. The molecule has 1 aromatic heterocycles. The maximum Gasteiger partial charge on any atom is 0.264 e. The van der Waals surface area contributed by atoms with Crippen molar-refractivity contribution < 1.29 is 36.3 Å². The Labute approximate surface area is 390 Å². The standard InChI is InChI=1S/C48H55N7O8S3/c1-31-27-42(63-4)32(2)33(3)44(31)66(61,62)55-48(49)51-24-14-23-39(43(56)47-50-25-26-64-47)52-45(57)40(29-37-21-13-20-36-19-11-12-22-38(36)37)53-46(58)41(28-34-15-7-5-8-16-34)54-65(59,60)30-35-17-9-6-10-18-35/h5-13,15-22,25-27,39-41,43,54,56H,14,23-24,28-30H2,1-4H3,(H,52,57)(H,53,58)(H3,49,51,55)/t39-,40-,41+,43?/m0/s1. The Kier molecular flexibility index (Phi) is 16.7. The van der Waals surface area contributed by atoms with Gasteiger partial charge in [-0.3, -0.25) is 14.6 Å². The normalized spacial score (nSPS) is 13.9. The van der Waals surface area contributed by atoms with Gasteiger partial charge >= 0.3 is 0 Å². The van der Waals surface area contributed by atoms with Gasteiger partial charge in [0, 0.05) is 24.5 Å². The molecule has 1 unspecified atom stereocenters. The number of thiazole rings is 1. The maximum atomic E-state index is 14.6. The zero-order valence-electron chi connectivity index (χ0n) is 37.1. The lowest BCUT2D eigenvalue weighted by atomic mass is 9.97. The van der Waals surface area contributed by atoms with Crippen LogP contribution in [0.5, 0.6) is 5.75 Å². The van der Waals surface area contributed by atoms with Crippen molar-refractivity contribution in [3.05, 3.63) is 159 Å². The highest BCUT2D eigenvalue weighted by atomic mass is 32.2. The third kappa shape index (κ3) is 13.0. The molecule has 0 spiro atoms. The number of sulfonamides is 2. The van der Waals surface area contributed by atoms with Crippen molar-refractivity contribution in [1.29, 1.82) is 0 Å². The van der Waals surface area contributed by atoms with Gasteiger partial charge in [-0.15, -0.1) is 11.3 Å². The number of nitrogens with zero attached hydrogens (tertiary/aromatic N) is 2. The van der Waals surface area contributed by atoms with E-state index in [1.807, 2.05) is 48.5 Å². The minimum Gasteiger partial charge on any atom is -0.496 e. The number of carbonyl (C=O) groups is 2. The number of rotatable bonds is 21. The predicted octanol–water partition coefficient (Wildman–Crippen LogP) is 5.28. The molecule has 6 rings (SSSR count). The lowest BCUT2D eigenvalue weighted by Gasteiger charge is -2.28. The zero-order valence-corrected chi connectivity index (χ0v) is 39.6. The van der Waals surface area contributed by atoms with E-state index in [0.717, 1.165) is 16.3 Å². The van der Waals surface area contributed by atoms with Crippen LogP contribution in [0.25, 0.3) is 10.8 Å². The Morgan fingerprint density at radius 1 is 0.818 bits per heavy atom. The second-order valence-corrected chi connectivity index (χ2v) is 20.2. The molecule has 348 valence electrons. The summed E-state index contributed by atoms with van der Waals surface area (Å²) < 4.78 is 64.5. The van der Waals surface area contributed by atoms with Crippen LogP contribution < -0.4 is 30.5 Å². The van der Waals surface area contributed by atoms with Crippen molar-refractivity contribution in [2.75, 3.05) is 13.7 Å². The summed E-state index contributed by atoms with van der Waals surface area (Å²) >= 11 is 1.19. The van der Waals surface area contributed by atoms with Gasteiger partial charge in [-0.1, -0.05) is 103 Å². The molecular weight excluding hydrogens is 899 g/mol. The van der Waals surface area contributed by atoms with E-state index in [2.05, 4.69) is 30.1 Å². The molecule has 6 aromatic rings. The van der Waals surface area contributed by atoms with E-state index in [9.17, 15) is 31.5 Å². The van der Waals surface area contributed by atoms with Crippen LogP contribution in [-0.4, -0.2) is 76.5 Å². The summed E-state index contributed by atoms with van der Waals surface area (Å²) in [4.78, 5) is 37.7. The molecule has 66 heavy (non-hydrogen) atoms. The average molecular weight is 954 g/mol. The summed E-state index contributed by atoms with van der Waals surface area (Å²) in [6.45, 7) is 5.13. The smallest absolute Gasteiger partial charge is 0.264 e. The summed E-state index contributed by atoms with van der Waals surface area (Å²) in [5.41, 5.74) is 9.72. The first-order valence-corrected chi connectivity index (χ1v) is 25.3. The number of nitrogens with two attached hydrogens (primary N) is 1. The number of fused-ring (bicyclic) bond motifs is 1. The molecule has 15 nitrogen and oxygen atoms in total. The van der Waals surface area contributed by atoms with Gasteiger partial charge < -0.3 is 26.2 Å². The molecule has 18 heteroatoms. The topological polar surface area (TPSA) is 231 Å². The van der Waals surface area contributed by atoms with E-state index >= 15 is 0 Å². The van der Waals surface area contributed by atoms with Gasteiger partial charge in [0.15, 0.2) is 0 Å². The number of hydrogen-bond donors (Lipinski definition) is 6. The Balaban J connectivity index is 1.24. The van der Waals surface area contributed by atoms with Crippen molar-refractivity contribution in [2.45, 2.75) is 81.3 Å². The van der Waals surface area contributed by atoms with Crippen LogP contribution in [0, 0.1) is 20.8 Å². The van der Waals surface area contributed by atoms with E-state index in [1.54, 1.807) is 86.8 Å². The SMILES string of the molecule is COc1cc(C)c(S(=O)(=O)NC(N)=NCCC[C@H](NC(=O)[C@H](Cc2cccc3ccccc23)NC(=O)[C@@H](Cc2ccccc2)NS(=O)(=O)Cc2ccccc2)C(O)c2nccs2)c(C)c1C. The summed E-state index contributed by atoms with van der Waals surface area (Å²) in [5.74, 6) is -1.52. The van der Waals surface area contributed by atoms with E-state index in [0.29, 0.717) is 38.6 Å². The number of ether oxygens (including phenoxy) is 1. The quantitative estimate of drug-likeness (QED) is 0.0311. The van der Waals surface area contributed by atoms with Gasteiger partial charge in [-0.25, -0.2) is 31.3 Å². The molecule has 1 heterocycles. The highest BCUT2D eigenvalue weighted by Crippen LogP contribution is 2.30. The molecule has 0 saturated carbocycles. The number of hydrogen-bond acceptors (Lipinski definition) is 11. The van der Waals surface area contributed by atoms with Crippen LogP contribution in [0.2, 0.25) is 0 Å². The van der Waals surface area contributed by atoms with Crippen LogP contribution in [0.15, 0.2) is 131 Å². The number of amides is 2. The van der Waals surface area contributed by atoms with Gasteiger partial charge in [0.1, 0.15) is 28.9 Å². The molecule has 0 radical (unpaired) electrons. The first kappa shape index (κ1) is 49.3. The second kappa shape index (κ2) is 22.3. The van der Waals surface area contributed by atoms with Gasteiger partial charge in [-0.2, -0.15) is 0 Å². The average Bonchev–Trinajstić information content (AvgIpc) is 3.84. The predicted molar refractivity (Wildman–Crippen MR) is 258 cm³/mol. The molecule has 0 fully saturated rings. The summed E-state index contributed by atoms with van der Waals surface area (Å²) in [5, 5.41) is 21.2. The van der Waals surface area contributed by atoms with Crippen molar-refractivity contribution >= 4 is 59.9 Å². The fourth-order valence-corrected chi connectivity index (χ4v) is 11.3. The van der Waals surface area contributed by atoms with Crippen LogP contribution in [-0.2, 0) is 48.2 Å². The van der Waals surface area contributed by atoms with Gasteiger partial charge in [0.25, 0.3) is 10.0 Å². The zero-order chi connectivity index (χ0) is 47.4. The highest BCUT2D eigenvalue weighted by molar-refractivity contribution is 7.90. The van der Waals surface area contributed by atoms with Gasteiger partial charge in [0.05, 0.1) is 23.8 Å². The Morgan fingerprint density at radius 3 is 2.15 bits per heavy atom. The van der Waals surface area contributed by atoms with E-state index < -0.39 is 56.1 Å². The number of methoxy groups -OCH3 is 1. The fraction of sp³-hybridized carbons (Fsp3) is 0.292. The maximum absolute atomic E-state index is 14.6. The van der Waals surface area contributed by atoms with Crippen molar-refractivity contribution in [3.63, 3.8) is 0 Å². The van der Waals surface area contributed by atoms with E-state index in [1.165, 1.54) is 24.6 Å². The van der Waals surface area contributed by atoms with Crippen molar-refractivity contribution in [1.82, 2.24) is 25.1 Å². The summed E-state index contributed by atoms with van der Waals surface area (Å²) in [6, 6.07) is 29.0.